The molecule has 3 N–H and O–H groups in total. The minimum atomic E-state index is -0.205. The van der Waals surface area contributed by atoms with E-state index in [0.717, 1.165) is 19.3 Å². The van der Waals surface area contributed by atoms with Gasteiger partial charge in [0.05, 0.1) is 0 Å². The average molecular weight is 289 g/mol. The van der Waals surface area contributed by atoms with Gasteiger partial charge in [0.25, 0.3) is 5.91 Å². The molecule has 114 valence electrons. The molecule has 1 aliphatic rings. The van der Waals surface area contributed by atoms with Gasteiger partial charge in [-0.2, -0.15) is 0 Å². The highest BCUT2D eigenvalue weighted by atomic mass is 16.2. The van der Waals surface area contributed by atoms with Crippen LogP contribution in [0, 0.1) is 5.92 Å². The standard InChI is InChI=1S/C16H23N3O2/c1-11-5-3-7-13(9-11)18-16(21)19-14-8-4-6-12(10-14)15(20)17-2/h4,6,8,10-11,13H,3,5,7,9H2,1-2H3,(H,17,20)(H2,18,19,21). The van der Waals surface area contributed by atoms with E-state index < -0.39 is 0 Å². The van der Waals surface area contributed by atoms with Crippen LogP contribution in [0.2, 0.25) is 0 Å². The summed E-state index contributed by atoms with van der Waals surface area (Å²) in [7, 11) is 1.58. The third kappa shape index (κ3) is 4.48. The van der Waals surface area contributed by atoms with E-state index >= 15 is 0 Å². The summed E-state index contributed by atoms with van der Waals surface area (Å²) in [6, 6.07) is 6.95. The van der Waals surface area contributed by atoms with E-state index in [1.807, 2.05) is 0 Å². The van der Waals surface area contributed by atoms with Gasteiger partial charge in [-0.1, -0.05) is 25.8 Å². The molecular weight excluding hydrogens is 266 g/mol. The molecule has 0 spiro atoms. The van der Waals surface area contributed by atoms with Crippen molar-refractivity contribution >= 4 is 17.6 Å². The second kappa shape index (κ2) is 7.11. The number of nitrogens with one attached hydrogen (secondary N) is 3. The fourth-order valence-corrected chi connectivity index (χ4v) is 2.80. The molecule has 0 heterocycles. The Balaban J connectivity index is 1.91. The number of hydrogen-bond donors (Lipinski definition) is 3. The SMILES string of the molecule is CNC(=O)c1cccc(NC(=O)NC2CCCC(C)C2)c1. The molecule has 21 heavy (non-hydrogen) atoms. The average Bonchev–Trinajstić information content (AvgIpc) is 2.46. The molecule has 1 saturated carbocycles. The van der Waals surface area contributed by atoms with Gasteiger partial charge < -0.3 is 16.0 Å². The number of benzene rings is 1. The molecule has 0 saturated heterocycles. The van der Waals surface area contributed by atoms with Gasteiger partial charge in [-0.05, 0) is 37.0 Å². The quantitative estimate of drug-likeness (QED) is 0.800. The monoisotopic (exact) mass is 289 g/mol. The summed E-state index contributed by atoms with van der Waals surface area (Å²) in [5, 5.41) is 8.37. The molecule has 0 aliphatic heterocycles. The highest BCUT2D eigenvalue weighted by Crippen LogP contribution is 2.23. The van der Waals surface area contributed by atoms with Gasteiger partial charge in [-0.25, -0.2) is 4.79 Å². The Morgan fingerprint density at radius 1 is 1.24 bits per heavy atom. The van der Waals surface area contributed by atoms with Crippen LogP contribution in [0.5, 0.6) is 0 Å². The van der Waals surface area contributed by atoms with Crippen LogP contribution in [0.15, 0.2) is 24.3 Å². The van der Waals surface area contributed by atoms with Crippen molar-refractivity contribution in [3.05, 3.63) is 29.8 Å². The van der Waals surface area contributed by atoms with Gasteiger partial charge in [0, 0.05) is 24.3 Å². The molecule has 1 aliphatic carbocycles. The maximum Gasteiger partial charge on any atom is 0.319 e. The molecule has 1 aromatic rings. The van der Waals surface area contributed by atoms with Gasteiger partial charge in [-0.3, -0.25) is 4.79 Å². The Morgan fingerprint density at radius 2 is 2.05 bits per heavy atom. The minimum absolute atomic E-state index is 0.167. The zero-order chi connectivity index (χ0) is 15.2. The van der Waals surface area contributed by atoms with Crippen molar-refractivity contribution in [2.75, 3.05) is 12.4 Å². The Hall–Kier alpha value is -2.04. The van der Waals surface area contributed by atoms with E-state index in [1.54, 1.807) is 31.3 Å². The lowest BCUT2D eigenvalue weighted by atomic mass is 9.87. The van der Waals surface area contributed by atoms with Crippen molar-refractivity contribution in [2.24, 2.45) is 5.92 Å². The van der Waals surface area contributed by atoms with E-state index in [4.69, 9.17) is 0 Å². The molecule has 0 bridgehead atoms. The lowest BCUT2D eigenvalue weighted by molar-refractivity contribution is 0.0963. The largest absolute Gasteiger partial charge is 0.355 e. The summed E-state index contributed by atoms with van der Waals surface area (Å²) in [6.45, 7) is 2.22. The Kier molecular flexibility index (Phi) is 5.20. The topological polar surface area (TPSA) is 70.2 Å². The third-order valence-corrected chi connectivity index (χ3v) is 3.88. The summed E-state index contributed by atoms with van der Waals surface area (Å²) >= 11 is 0. The predicted octanol–water partition coefficient (Wildman–Crippen LogP) is 2.75. The summed E-state index contributed by atoms with van der Waals surface area (Å²) in [6.07, 6.45) is 4.48. The molecule has 2 rings (SSSR count). The van der Waals surface area contributed by atoms with Crippen molar-refractivity contribution in [1.29, 1.82) is 0 Å². The van der Waals surface area contributed by atoms with Crippen LogP contribution in [0.25, 0.3) is 0 Å². The molecule has 5 heteroatoms. The summed E-state index contributed by atoms with van der Waals surface area (Å²) < 4.78 is 0. The van der Waals surface area contributed by atoms with Crippen LogP contribution in [-0.4, -0.2) is 25.0 Å². The molecule has 2 atom stereocenters. The number of carbonyl (C=O) groups is 2. The lowest BCUT2D eigenvalue weighted by Crippen LogP contribution is -2.40. The van der Waals surface area contributed by atoms with Crippen LogP contribution < -0.4 is 16.0 Å². The summed E-state index contributed by atoms with van der Waals surface area (Å²) in [4.78, 5) is 23.6. The number of urea groups is 1. The van der Waals surface area contributed by atoms with Crippen LogP contribution in [0.3, 0.4) is 0 Å². The van der Waals surface area contributed by atoms with Crippen LogP contribution in [-0.2, 0) is 0 Å². The van der Waals surface area contributed by atoms with E-state index in [1.165, 1.54) is 6.42 Å². The molecule has 1 fully saturated rings. The number of carbonyl (C=O) groups excluding carboxylic acids is 2. The van der Waals surface area contributed by atoms with Crippen molar-refractivity contribution in [3.8, 4) is 0 Å². The second-order valence-corrected chi connectivity index (χ2v) is 5.73. The molecule has 0 aromatic heterocycles. The first kappa shape index (κ1) is 15.4. The first-order chi connectivity index (χ1) is 10.1. The van der Waals surface area contributed by atoms with E-state index in [9.17, 15) is 9.59 Å². The van der Waals surface area contributed by atoms with Gasteiger partial charge >= 0.3 is 6.03 Å². The van der Waals surface area contributed by atoms with Crippen molar-refractivity contribution in [3.63, 3.8) is 0 Å². The zero-order valence-corrected chi connectivity index (χ0v) is 12.6. The van der Waals surface area contributed by atoms with Crippen molar-refractivity contribution in [1.82, 2.24) is 10.6 Å². The van der Waals surface area contributed by atoms with Crippen molar-refractivity contribution in [2.45, 2.75) is 38.6 Å². The van der Waals surface area contributed by atoms with Crippen LogP contribution >= 0.6 is 0 Å². The molecular formula is C16H23N3O2. The maximum atomic E-state index is 12.0. The van der Waals surface area contributed by atoms with Gasteiger partial charge in [0.1, 0.15) is 0 Å². The normalized spacial score (nSPS) is 21.4. The van der Waals surface area contributed by atoms with Crippen molar-refractivity contribution < 1.29 is 9.59 Å². The Bertz CT molecular complexity index is 516. The molecule has 2 unspecified atom stereocenters. The van der Waals surface area contributed by atoms with E-state index in [0.29, 0.717) is 17.2 Å². The highest BCUT2D eigenvalue weighted by molar-refractivity contribution is 5.96. The predicted molar refractivity (Wildman–Crippen MR) is 83.4 cm³/mol. The molecule has 3 amide bonds. The number of hydrogen-bond acceptors (Lipinski definition) is 2. The minimum Gasteiger partial charge on any atom is -0.355 e. The second-order valence-electron chi connectivity index (χ2n) is 5.73. The van der Waals surface area contributed by atoms with Gasteiger partial charge in [0.15, 0.2) is 0 Å². The molecule has 1 aromatic carbocycles. The Morgan fingerprint density at radius 3 is 2.76 bits per heavy atom. The van der Waals surface area contributed by atoms with Crippen LogP contribution in [0.1, 0.15) is 43.0 Å². The van der Waals surface area contributed by atoms with Gasteiger partial charge in [0.2, 0.25) is 0 Å². The zero-order valence-electron chi connectivity index (χ0n) is 12.6. The van der Waals surface area contributed by atoms with Crippen LogP contribution in [0.4, 0.5) is 10.5 Å². The van der Waals surface area contributed by atoms with Gasteiger partial charge in [-0.15, -0.1) is 0 Å². The third-order valence-electron chi connectivity index (χ3n) is 3.88. The fourth-order valence-electron chi connectivity index (χ4n) is 2.80. The first-order valence-corrected chi connectivity index (χ1v) is 7.48. The summed E-state index contributed by atoms with van der Waals surface area (Å²) in [5.41, 5.74) is 1.15. The van der Waals surface area contributed by atoms with E-state index in [2.05, 4.69) is 22.9 Å². The molecule has 0 radical (unpaired) electrons. The number of anilines is 1. The summed E-state index contributed by atoms with van der Waals surface area (Å²) in [5.74, 6) is 0.501. The highest BCUT2D eigenvalue weighted by Gasteiger charge is 2.20. The smallest absolute Gasteiger partial charge is 0.319 e. The first-order valence-electron chi connectivity index (χ1n) is 7.48. The van der Waals surface area contributed by atoms with E-state index in [-0.39, 0.29) is 18.0 Å². The fraction of sp³-hybridized carbons (Fsp3) is 0.500. The lowest BCUT2D eigenvalue weighted by Gasteiger charge is -2.27. The number of rotatable bonds is 3. The number of amides is 3. The maximum absolute atomic E-state index is 12.0. The Labute approximate surface area is 125 Å². The molecule has 5 nitrogen and oxygen atoms in total.